The van der Waals surface area contributed by atoms with Crippen molar-refractivity contribution in [2.75, 3.05) is 24.7 Å². The van der Waals surface area contributed by atoms with Crippen LogP contribution in [0.4, 0.5) is 5.69 Å². The van der Waals surface area contributed by atoms with Crippen LogP contribution >= 0.6 is 23.1 Å². The Kier molecular flexibility index (Phi) is 5.37. The summed E-state index contributed by atoms with van der Waals surface area (Å²) in [4.78, 5) is 13.7. The third-order valence-electron chi connectivity index (χ3n) is 2.61. The molecule has 0 fully saturated rings. The molecule has 7 heteroatoms. The van der Waals surface area contributed by atoms with E-state index >= 15 is 0 Å². The van der Waals surface area contributed by atoms with Crippen LogP contribution in [0.1, 0.15) is 5.56 Å². The molecule has 0 radical (unpaired) electrons. The standard InChI is InChI=1S/C13H16N4OS2/c1-17(2)11-5-3-10(4-6-11)7-14-12(18)8-19-13-16-15-9-20-13/h3-6,9H,7-8H2,1-2H3,(H,14,18). The van der Waals surface area contributed by atoms with Crippen molar-refractivity contribution in [3.05, 3.63) is 35.3 Å². The van der Waals surface area contributed by atoms with Gasteiger partial charge in [0.05, 0.1) is 5.75 Å². The third kappa shape index (κ3) is 4.50. The maximum absolute atomic E-state index is 11.7. The number of hydrogen-bond donors (Lipinski definition) is 1. The van der Waals surface area contributed by atoms with Gasteiger partial charge in [-0.05, 0) is 17.7 Å². The first-order chi connectivity index (χ1) is 9.65. The molecule has 0 unspecified atom stereocenters. The van der Waals surface area contributed by atoms with Gasteiger partial charge in [0.15, 0.2) is 4.34 Å². The second kappa shape index (κ2) is 7.25. The number of hydrogen-bond acceptors (Lipinski definition) is 6. The summed E-state index contributed by atoms with van der Waals surface area (Å²) in [5, 5.41) is 10.5. The summed E-state index contributed by atoms with van der Waals surface area (Å²) < 4.78 is 0.815. The fourth-order valence-electron chi connectivity index (χ4n) is 1.52. The van der Waals surface area contributed by atoms with Crippen LogP contribution in [0.2, 0.25) is 0 Å². The minimum Gasteiger partial charge on any atom is -0.378 e. The van der Waals surface area contributed by atoms with Gasteiger partial charge in [-0.1, -0.05) is 35.2 Å². The molecule has 1 amide bonds. The summed E-state index contributed by atoms with van der Waals surface area (Å²) in [6.45, 7) is 0.545. The number of nitrogens with one attached hydrogen (secondary N) is 1. The van der Waals surface area contributed by atoms with Crippen molar-refractivity contribution in [2.45, 2.75) is 10.9 Å². The monoisotopic (exact) mass is 308 g/mol. The molecule has 2 rings (SSSR count). The molecular weight excluding hydrogens is 292 g/mol. The Morgan fingerprint density at radius 2 is 2.10 bits per heavy atom. The van der Waals surface area contributed by atoms with Gasteiger partial charge in [0.25, 0.3) is 0 Å². The van der Waals surface area contributed by atoms with E-state index in [-0.39, 0.29) is 5.91 Å². The highest BCUT2D eigenvalue weighted by atomic mass is 32.2. The van der Waals surface area contributed by atoms with Crippen molar-refractivity contribution in [3.8, 4) is 0 Å². The number of amides is 1. The number of anilines is 1. The van der Waals surface area contributed by atoms with Gasteiger partial charge in [0, 0.05) is 26.3 Å². The van der Waals surface area contributed by atoms with Crippen LogP contribution < -0.4 is 10.2 Å². The quantitative estimate of drug-likeness (QED) is 0.827. The minimum atomic E-state index is 0.00175. The lowest BCUT2D eigenvalue weighted by Gasteiger charge is -2.12. The van der Waals surface area contributed by atoms with E-state index in [1.807, 2.05) is 43.3 Å². The van der Waals surface area contributed by atoms with Gasteiger partial charge in [-0.15, -0.1) is 10.2 Å². The Balaban J connectivity index is 1.75. The molecule has 0 spiro atoms. The molecule has 5 nitrogen and oxygen atoms in total. The minimum absolute atomic E-state index is 0.00175. The zero-order valence-electron chi connectivity index (χ0n) is 11.4. The largest absolute Gasteiger partial charge is 0.378 e. The summed E-state index contributed by atoms with van der Waals surface area (Å²) >= 11 is 2.84. The normalized spacial score (nSPS) is 10.3. The van der Waals surface area contributed by atoms with Crippen LogP contribution in [-0.4, -0.2) is 36.0 Å². The Morgan fingerprint density at radius 1 is 1.35 bits per heavy atom. The number of thioether (sulfide) groups is 1. The Labute approximate surface area is 126 Å². The molecule has 2 aromatic rings. The van der Waals surface area contributed by atoms with Crippen LogP contribution in [0.5, 0.6) is 0 Å². The fraction of sp³-hybridized carbons (Fsp3) is 0.308. The van der Waals surface area contributed by atoms with E-state index in [0.717, 1.165) is 15.6 Å². The number of benzene rings is 1. The molecule has 0 aliphatic carbocycles. The summed E-state index contributed by atoms with van der Waals surface area (Å²) in [7, 11) is 4.00. The van der Waals surface area contributed by atoms with Gasteiger partial charge < -0.3 is 10.2 Å². The van der Waals surface area contributed by atoms with Crippen molar-refractivity contribution in [3.63, 3.8) is 0 Å². The Bertz CT molecular complexity index is 540. The van der Waals surface area contributed by atoms with E-state index in [0.29, 0.717) is 12.3 Å². The van der Waals surface area contributed by atoms with E-state index in [9.17, 15) is 4.79 Å². The van der Waals surface area contributed by atoms with E-state index in [2.05, 4.69) is 15.5 Å². The molecule has 20 heavy (non-hydrogen) atoms. The predicted octanol–water partition coefficient (Wildman–Crippen LogP) is 2.01. The van der Waals surface area contributed by atoms with Gasteiger partial charge in [-0.2, -0.15) is 0 Å². The second-order valence-corrected chi connectivity index (χ2v) is 6.39. The van der Waals surface area contributed by atoms with Crippen LogP contribution in [0.15, 0.2) is 34.1 Å². The molecule has 0 aliphatic rings. The summed E-state index contributed by atoms with van der Waals surface area (Å²) in [5.74, 6) is 0.368. The molecule has 0 saturated heterocycles. The SMILES string of the molecule is CN(C)c1ccc(CNC(=O)CSc2nncs2)cc1. The lowest BCUT2D eigenvalue weighted by atomic mass is 10.2. The highest BCUT2D eigenvalue weighted by Gasteiger charge is 2.05. The number of rotatable bonds is 6. The van der Waals surface area contributed by atoms with Gasteiger partial charge >= 0.3 is 0 Å². The number of aromatic nitrogens is 2. The topological polar surface area (TPSA) is 58.1 Å². The Hall–Kier alpha value is -1.60. The fourth-order valence-corrected chi connectivity index (χ4v) is 2.84. The molecule has 0 aliphatic heterocycles. The van der Waals surface area contributed by atoms with Gasteiger partial charge in [-0.3, -0.25) is 4.79 Å². The molecule has 1 aromatic carbocycles. The molecular formula is C13H16N4OS2. The maximum atomic E-state index is 11.7. The maximum Gasteiger partial charge on any atom is 0.230 e. The number of carbonyl (C=O) groups is 1. The van der Waals surface area contributed by atoms with Crippen LogP contribution in [0, 0.1) is 0 Å². The van der Waals surface area contributed by atoms with Gasteiger partial charge in [0.2, 0.25) is 5.91 Å². The Morgan fingerprint density at radius 3 is 2.70 bits per heavy atom. The molecule has 0 bridgehead atoms. The molecule has 106 valence electrons. The van der Waals surface area contributed by atoms with Gasteiger partial charge in [-0.25, -0.2) is 0 Å². The van der Waals surface area contributed by atoms with Crippen LogP contribution in [0.25, 0.3) is 0 Å². The number of nitrogens with zero attached hydrogens (tertiary/aromatic N) is 3. The molecule has 1 aromatic heterocycles. The van der Waals surface area contributed by atoms with Crippen molar-refractivity contribution in [1.29, 1.82) is 0 Å². The first-order valence-electron chi connectivity index (χ1n) is 6.07. The zero-order valence-corrected chi connectivity index (χ0v) is 13.0. The van der Waals surface area contributed by atoms with Crippen molar-refractivity contribution < 1.29 is 4.79 Å². The summed E-state index contributed by atoms with van der Waals surface area (Å²) in [5.41, 5.74) is 3.89. The zero-order chi connectivity index (χ0) is 14.4. The second-order valence-electron chi connectivity index (χ2n) is 4.33. The molecule has 1 N–H and O–H groups in total. The van der Waals surface area contributed by atoms with E-state index in [4.69, 9.17) is 0 Å². The molecule has 0 atom stereocenters. The lowest BCUT2D eigenvalue weighted by molar-refractivity contribution is -0.118. The first kappa shape index (κ1) is 14.8. The van der Waals surface area contributed by atoms with E-state index in [1.165, 1.54) is 23.1 Å². The van der Waals surface area contributed by atoms with E-state index in [1.54, 1.807) is 5.51 Å². The molecule has 1 heterocycles. The highest BCUT2D eigenvalue weighted by Crippen LogP contribution is 2.18. The summed E-state index contributed by atoms with van der Waals surface area (Å²) in [6.07, 6.45) is 0. The predicted molar refractivity (Wildman–Crippen MR) is 83.2 cm³/mol. The van der Waals surface area contributed by atoms with Crippen LogP contribution in [0.3, 0.4) is 0 Å². The van der Waals surface area contributed by atoms with Crippen molar-refractivity contribution in [1.82, 2.24) is 15.5 Å². The average Bonchev–Trinajstić information content (AvgIpc) is 2.96. The summed E-state index contributed by atoms with van der Waals surface area (Å²) in [6, 6.07) is 8.12. The van der Waals surface area contributed by atoms with Gasteiger partial charge in [0.1, 0.15) is 5.51 Å². The van der Waals surface area contributed by atoms with E-state index < -0.39 is 0 Å². The van der Waals surface area contributed by atoms with Crippen LogP contribution in [-0.2, 0) is 11.3 Å². The lowest BCUT2D eigenvalue weighted by Crippen LogP contribution is -2.24. The highest BCUT2D eigenvalue weighted by molar-refractivity contribution is 8.01. The molecule has 0 saturated carbocycles. The van der Waals surface area contributed by atoms with Crippen molar-refractivity contribution in [2.24, 2.45) is 0 Å². The smallest absolute Gasteiger partial charge is 0.230 e. The third-order valence-corrected chi connectivity index (χ3v) is 4.47. The van der Waals surface area contributed by atoms with Crippen molar-refractivity contribution >= 4 is 34.7 Å². The average molecular weight is 308 g/mol. The first-order valence-corrected chi connectivity index (χ1v) is 7.93. The number of carbonyl (C=O) groups excluding carboxylic acids is 1.